The number of carbonyl (C=O) groups excluding carboxylic acids is 1. The first-order chi connectivity index (χ1) is 13.2. The molecule has 0 radical (unpaired) electrons. The van der Waals surface area contributed by atoms with E-state index < -0.39 is 5.92 Å². The fourth-order valence-electron chi connectivity index (χ4n) is 3.15. The molecule has 7 heteroatoms. The Kier molecular flexibility index (Phi) is 6.31. The maximum atomic E-state index is 13.0. The topological polar surface area (TPSA) is 79.1 Å². The normalized spacial score (nSPS) is 17.8. The maximum Gasteiger partial charge on any atom is 0.310 e. The summed E-state index contributed by atoms with van der Waals surface area (Å²) in [6.07, 6.45) is 5.37. The van der Waals surface area contributed by atoms with E-state index in [1.54, 1.807) is 30.6 Å². The van der Waals surface area contributed by atoms with Crippen molar-refractivity contribution >= 4 is 11.9 Å². The monoisotopic (exact) mass is 368 g/mol. The van der Waals surface area contributed by atoms with Gasteiger partial charge in [0.05, 0.1) is 17.9 Å². The molecule has 0 N–H and O–H groups in total. The summed E-state index contributed by atoms with van der Waals surface area (Å²) in [5.41, 5.74) is 0.837. The molecule has 0 aliphatic carbocycles. The number of nitriles is 1. The third kappa shape index (κ3) is 5.23. The van der Waals surface area contributed by atoms with Crippen molar-refractivity contribution in [1.29, 1.82) is 5.26 Å². The first-order valence-electron chi connectivity index (χ1n) is 8.98. The van der Waals surface area contributed by atoms with Crippen LogP contribution < -0.4 is 4.90 Å². The Hall–Kier alpha value is -3.01. The Bertz CT molecular complexity index is 792. The molecule has 0 saturated carbocycles. The Balaban J connectivity index is 1.51. The fraction of sp³-hybridized carbons (Fsp3) is 0.400. The van der Waals surface area contributed by atoms with Crippen LogP contribution in [0, 0.1) is 29.0 Å². The molecule has 0 bridgehead atoms. The Morgan fingerprint density at radius 2 is 2.07 bits per heavy atom. The molecule has 2 aromatic rings. The van der Waals surface area contributed by atoms with E-state index in [1.807, 2.05) is 4.90 Å². The summed E-state index contributed by atoms with van der Waals surface area (Å²) in [6, 6.07) is 9.91. The quantitative estimate of drug-likeness (QED) is 0.730. The average molecular weight is 368 g/mol. The first-order valence-corrected chi connectivity index (χ1v) is 8.98. The van der Waals surface area contributed by atoms with Crippen molar-refractivity contribution < 1.29 is 13.9 Å². The molecule has 0 unspecified atom stereocenters. The highest BCUT2D eigenvalue weighted by molar-refractivity contribution is 5.73. The lowest BCUT2D eigenvalue weighted by Crippen LogP contribution is -2.40. The van der Waals surface area contributed by atoms with Crippen LogP contribution in [0.1, 0.15) is 18.4 Å². The van der Waals surface area contributed by atoms with Gasteiger partial charge in [-0.15, -0.1) is 0 Å². The maximum absolute atomic E-state index is 13.0. The number of aromatic nitrogens is 2. The van der Waals surface area contributed by atoms with Crippen LogP contribution in [0.15, 0.2) is 42.7 Å². The summed E-state index contributed by atoms with van der Waals surface area (Å²) in [6.45, 7) is 1.35. The number of nitrogens with zero attached hydrogens (tertiary/aromatic N) is 4. The largest absolute Gasteiger partial charge is 0.464 e. The smallest absolute Gasteiger partial charge is 0.310 e. The van der Waals surface area contributed by atoms with E-state index in [4.69, 9.17) is 4.74 Å². The third-order valence-electron chi connectivity index (χ3n) is 4.59. The minimum Gasteiger partial charge on any atom is -0.464 e. The van der Waals surface area contributed by atoms with Crippen molar-refractivity contribution in [3.8, 4) is 6.07 Å². The summed E-state index contributed by atoms with van der Waals surface area (Å²) in [4.78, 5) is 22.9. The molecule has 1 aromatic heterocycles. The third-order valence-corrected chi connectivity index (χ3v) is 4.59. The number of piperidine rings is 1. The Morgan fingerprint density at radius 1 is 1.33 bits per heavy atom. The molecule has 2 heterocycles. The van der Waals surface area contributed by atoms with E-state index in [-0.39, 0.29) is 24.3 Å². The van der Waals surface area contributed by atoms with Crippen LogP contribution in [0.25, 0.3) is 0 Å². The lowest BCUT2D eigenvalue weighted by molar-refractivity contribution is -0.149. The van der Waals surface area contributed by atoms with Crippen molar-refractivity contribution in [3.05, 3.63) is 54.1 Å². The number of hydrogen-bond acceptors (Lipinski definition) is 6. The molecule has 140 valence electrons. The van der Waals surface area contributed by atoms with Crippen LogP contribution in [0.4, 0.5) is 10.3 Å². The molecule has 1 aliphatic rings. The second-order valence-corrected chi connectivity index (χ2v) is 6.62. The molecule has 3 rings (SSSR count). The molecule has 0 amide bonds. The van der Waals surface area contributed by atoms with Gasteiger partial charge in [-0.25, -0.2) is 14.4 Å². The van der Waals surface area contributed by atoms with Crippen molar-refractivity contribution in [3.63, 3.8) is 0 Å². The molecule has 1 fully saturated rings. The number of rotatable bonds is 6. The van der Waals surface area contributed by atoms with Gasteiger partial charge in [0.2, 0.25) is 5.95 Å². The average Bonchev–Trinajstić information content (AvgIpc) is 2.73. The van der Waals surface area contributed by atoms with Gasteiger partial charge < -0.3 is 9.64 Å². The zero-order chi connectivity index (χ0) is 19.1. The van der Waals surface area contributed by atoms with Gasteiger partial charge in [-0.05, 0) is 43.0 Å². The highest BCUT2D eigenvalue weighted by Crippen LogP contribution is 2.21. The Labute approximate surface area is 157 Å². The first kappa shape index (κ1) is 18.8. The molecular formula is C20H21FN4O2. The van der Waals surface area contributed by atoms with Crippen LogP contribution in [0.3, 0.4) is 0 Å². The molecule has 1 aromatic carbocycles. The predicted octanol–water partition coefficient (Wildman–Crippen LogP) is 2.76. The van der Waals surface area contributed by atoms with E-state index in [0.29, 0.717) is 18.9 Å². The number of hydrogen-bond donors (Lipinski definition) is 0. The van der Waals surface area contributed by atoms with Crippen LogP contribution in [0.2, 0.25) is 0 Å². The minimum atomic E-state index is -0.462. The zero-order valence-electron chi connectivity index (χ0n) is 14.9. The molecule has 27 heavy (non-hydrogen) atoms. The van der Waals surface area contributed by atoms with Crippen LogP contribution in [-0.4, -0.2) is 35.6 Å². The van der Waals surface area contributed by atoms with Gasteiger partial charge in [-0.3, -0.25) is 4.79 Å². The summed E-state index contributed by atoms with van der Waals surface area (Å²) >= 11 is 0. The van der Waals surface area contributed by atoms with E-state index >= 15 is 0 Å². The van der Waals surface area contributed by atoms with E-state index in [1.165, 1.54) is 12.1 Å². The van der Waals surface area contributed by atoms with Gasteiger partial charge in [-0.2, -0.15) is 5.26 Å². The molecule has 6 nitrogen and oxygen atoms in total. The van der Waals surface area contributed by atoms with Crippen molar-refractivity contribution in [1.82, 2.24) is 9.97 Å². The number of ether oxygens (including phenoxy) is 1. The lowest BCUT2D eigenvalue weighted by atomic mass is 9.98. The molecule has 1 aliphatic heterocycles. The van der Waals surface area contributed by atoms with Crippen LogP contribution in [-0.2, 0) is 16.0 Å². The van der Waals surface area contributed by atoms with Crippen LogP contribution in [0.5, 0.6) is 0 Å². The fourth-order valence-corrected chi connectivity index (χ4v) is 3.15. The number of carbonyl (C=O) groups is 1. The second-order valence-electron chi connectivity index (χ2n) is 6.62. The molecular weight excluding hydrogens is 347 g/mol. The van der Waals surface area contributed by atoms with Gasteiger partial charge in [0.15, 0.2) is 0 Å². The SMILES string of the molecule is N#C[C@H](COC(=O)[C@H]1CCCN(c2ncccn2)C1)Cc1ccc(F)cc1. The Morgan fingerprint density at radius 3 is 2.78 bits per heavy atom. The second kappa shape index (κ2) is 9.08. The number of halogens is 1. The summed E-state index contributed by atoms with van der Waals surface area (Å²) in [5, 5.41) is 9.32. The predicted molar refractivity (Wildman–Crippen MR) is 97.1 cm³/mol. The van der Waals surface area contributed by atoms with Gasteiger partial charge in [0, 0.05) is 25.5 Å². The van der Waals surface area contributed by atoms with Gasteiger partial charge >= 0.3 is 5.97 Å². The van der Waals surface area contributed by atoms with Crippen molar-refractivity contribution in [2.45, 2.75) is 19.3 Å². The highest BCUT2D eigenvalue weighted by atomic mass is 19.1. The van der Waals surface area contributed by atoms with E-state index in [9.17, 15) is 14.4 Å². The minimum absolute atomic E-state index is 0.0328. The summed E-state index contributed by atoms with van der Waals surface area (Å²) in [7, 11) is 0. The van der Waals surface area contributed by atoms with E-state index in [0.717, 1.165) is 24.9 Å². The zero-order valence-corrected chi connectivity index (χ0v) is 14.9. The van der Waals surface area contributed by atoms with Crippen LogP contribution >= 0.6 is 0 Å². The number of esters is 1. The lowest BCUT2D eigenvalue weighted by Gasteiger charge is -2.31. The van der Waals surface area contributed by atoms with Gasteiger partial charge in [0.25, 0.3) is 0 Å². The van der Waals surface area contributed by atoms with Gasteiger partial charge in [-0.1, -0.05) is 12.1 Å². The standard InChI is InChI=1S/C20H21FN4O2/c21-18-6-4-15(5-7-18)11-16(12-22)14-27-19(26)17-3-1-10-25(13-17)20-23-8-2-9-24-20/h2,4-9,16-17H,1,3,10-11,13-14H2/t16-,17+/m1/s1. The molecule has 0 spiro atoms. The number of anilines is 1. The summed E-state index contributed by atoms with van der Waals surface area (Å²) in [5.74, 6) is -0.719. The van der Waals surface area contributed by atoms with Gasteiger partial charge in [0.1, 0.15) is 12.4 Å². The number of benzene rings is 1. The van der Waals surface area contributed by atoms with E-state index in [2.05, 4.69) is 16.0 Å². The van der Waals surface area contributed by atoms with Crippen molar-refractivity contribution in [2.75, 3.05) is 24.6 Å². The molecule has 1 saturated heterocycles. The highest BCUT2D eigenvalue weighted by Gasteiger charge is 2.28. The summed E-state index contributed by atoms with van der Waals surface area (Å²) < 4.78 is 18.4. The molecule has 2 atom stereocenters. The van der Waals surface area contributed by atoms with Crippen molar-refractivity contribution in [2.24, 2.45) is 11.8 Å².